The first kappa shape index (κ1) is 7.17. The highest BCUT2D eigenvalue weighted by molar-refractivity contribution is 9.18. The standard InChI is InChI=1S/C3H2Br2O2/c4-2(6)1-3(5)7/h1,6H/b2-1+. The molecular formula is C3H2Br2O2. The first-order chi connectivity index (χ1) is 3.13. The Balaban J connectivity index is 3.68. The predicted octanol–water partition coefficient (Wildman–Crippen LogP) is 1.70. The molecule has 0 aromatic rings. The maximum atomic E-state index is 9.90. The first-order valence-corrected chi connectivity index (χ1v) is 2.97. The van der Waals surface area contributed by atoms with Crippen molar-refractivity contribution in [1.82, 2.24) is 0 Å². The summed E-state index contributed by atoms with van der Waals surface area (Å²) in [5.41, 5.74) is 0. The topological polar surface area (TPSA) is 37.3 Å². The third kappa shape index (κ3) is 6.17. The fraction of sp³-hybridized carbons (Fsp3) is 0. The minimum Gasteiger partial charge on any atom is -0.502 e. The third-order valence-corrected chi connectivity index (χ3v) is 0.690. The van der Waals surface area contributed by atoms with E-state index in [0.717, 1.165) is 6.08 Å². The molecular weight excluding hydrogens is 228 g/mol. The van der Waals surface area contributed by atoms with Crippen LogP contribution in [-0.2, 0) is 4.79 Å². The van der Waals surface area contributed by atoms with E-state index in [1.165, 1.54) is 0 Å². The maximum Gasteiger partial charge on any atom is 0.225 e. The summed E-state index contributed by atoms with van der Waals surface area (Å²) in [4.78, 5) is 9.90. The SMILES string of the molecule is O=C(Br)/C=C(/O)Br. The predicted molar refractivity (Wildman–Crippen MR) is 33.6 cm³/mol. The van der Waals surface area contributed by atoms with Crippen LogP contribution >= 0.6 is 31.9 Å². The lowest BCUT2D eigenvalue weighted by molar-refractivity contribution is -0.106. The van der Waals surface area contributed by atoms with E-state index in [0.29, 0.717) is 0 Å². The minimum absolute atomic E-state index is 0.172. The zero-order valence-electron chi connectivity index (χ0n) is 3.19. The zero-order valence-corrected chi connectivity index (χ0v) is 6.36. The number of hydrogen-bond acceptors (Lipinski definition) is 2. The highest BCUT2D eigenvalue weighted by atomic mass is 79.9. The van der Waals surface area contributed by atoms with Gasteiger partial charge in [-0.25, -0.2) is 0 Å². The number of allylic oxidation sites excluding steroid dienone is 1. The quantitative estimate of drug-likeness (QED) is 0.422. The van der Waals surface area contributed by atoms with E-state index >= 15 is 0 Å². The van der Waals surface area contributed by atoms with Crippen LogP contribution in [0.2, 0.25) is 0 Å². The summed E-state index contributed by atoms with van der Waals surface area (Å²) >= 11 is 5.21. The second kappa shape index (κ2) is 3.21. The Morgan fingerprint density at radius 2 is 2.00 bits per heavy atom. The maximum absolute atomic E-state index is 9.90. The van der Waals surface area contributed by atoms with Crippen molar-refractivity contribution in [3.8, 4) is 0 Å². The molecule has 0 radical (unpaired) electrons. The third-order valence-electron chi connectivity index (χ3n) is 0.233. The van der Waals surface area contributed by atoms with Gasteiger partial charge in [0.2, 0.25) is 4.69 Å². The number of aliphatic hydroxyl groups excluding tert-OH is 1. The van der Waals surface area contributed by atoms with Crippen LogP contribution < -0.4 is 0 Å². The molecule has 0 aliphatic rings. The van der Waals surface area contributed by atoms with Crippen molar-refractivity contribution in [3.63, 3.8) is 0 Å². The molecule has 0 amide bonds. The number of rotatable bonds is 1. The molecule has 0 bridgehead atoms. The fourth-order valence-electron chi connectivity index (χ4n) is 0.0936. The van der Waals surface area contributed by atoms with Crippen LogP contribution in [0.3, 0.4) is 0 Å². The minimum atomic E-state index is -0.359. The Labute approximate surface area is 57.5 Å². The van der Waals surface area contributed by atoms with Crippen LogP contribution in [0.25, 0.3) is 0 Å². The van der Waals surface area contributed by atoms with Gasteiger partial charge in [0, 0.05) is 6.08 Å². The van der Waals surface area contributed by atoms with E-state index < -0.39 is 0 Å². The van der Waals surface area contributed by atoms with Crippen molar-refractivity contribution in [2.45, 2.75) is 0 Å². The Morgan fingerprint density at radius 3 is 2.00 bits per heavy atom. The van der Waals surface area contributed by atoms with Crippen LogP contribution in [0.1, 0.15) is 0 Å². The summed E-state index contributed by atoms with van der Waals surface area (Å²) < 4.78 is -0.531. The number of hydrogen-bond donors (Lipinski definition) is 1. The Bertz CT molecular complexity index is 104. The van der Waals surface area contributed by atoms with Crippen LogP contribution in [-0.4, -0.2) is 9.80 Å². The van der Waals surface area contributed by atoms with Crippen LogP contribution in [0.5, 0.6) is 0 Å². The average molecular weight is 230 g/mol. The molecule has 0 spiro atoms. The first-order valence-electron chi connectivity index (χ1n) is 1.38. The van der Waals surface area contributed by atoms with Gasteiger partial charge in [0.05, 0.1) is 0 Å². The van der Waals surface area contributed by atoms with Gasteiger partial charge in [-0.3, -0.25) is 4.79 Å². The zero-order chi connectivity index (χ0) is 5.86. The molecule has 0 aromatic heterocycles. The number of aliphatic hydroxyl groups is 1. The molecule has 0 heterocycles. The highest BCUT2D eigenvalue weighted by Gasteiger charge is 1.87. The van der Waals surface area contributed by atoms with E-state index in [2.05, 4.69) is 31.9 Å². The smallest absolute Gasteiger partial charge is 0.225 e. The molecule has 2 nitrogen and oxygen atoms in total. The second-order valence-electron chi connectivity index (χ2n) is 0.771. The fourth-order valence-corrected chi connectivity index (χ4v) is 0.826. The van der Waals surface area contributed by atoms with Crippen LogP contribution in [0, 0.1) is 0 Å². The van der Waals surface area contributed by atoms with E-state index in [9.17, 15) is 4.79 Å². The monoisotopic (exact) mass is 228 g/mol. The van der Waals surface area contributed by atoms with Gasteiger partial charge in [0.15, 0.2) is 4.67 Å². The normalized spacial score (nSPS) is 11.4. The molecule has 0 saturated heterocycles. The summed E-state index contributed by atoms with van der Waals surface area (Å²) in [5, 5.41) is 8.25. The van der Waals surface area contributed by atoms with Crippen molar-refractivity contribution in [2.24, 2.45) is 0 Å². The van der Waals surface area contributed by atoms with Gasteiger partial charge in [-0.2, -0.15) is 0 Å². The van der Waals surface area contributed by atoms with Gasteiger partial charge in [0.1, 0.15) is 0 Å². The van der Waals surface area contributed by atoms with Crippen molar-refractivity contribution in [2.75, 3.05) is 0 Å². The van der Waals surface area contributed by atoms with Crippen LogP contribution in [0.15, 0.2) is 10.7 Å². The van der Waals surface area contributed by atoms with Gasteiger partial charge in [-0.1, -0.05) is 0 Å². The molecule has 1 N–H and O–H groups in total. The Morgan fingerprint density at radius 1 is 1.57 bits per heavy atom. The average Bonchev–Trinajstić information content (AvgIpc) is 1.27. The van der Waals surface area contributed by atoms with E-state index in [1.54, 1.807) is 0 Å². The molecule has 40 valence electrons. The van der Waals surface area contributed by atoms with E-state index in [-0.39, 0.29) is 9.36 Å². The Hall–Kier alpha value is 0.170. The van der Waals surface area contributed by atoms with Gasteiger partial charge in [-0.05, 0) is 31.9 Å². The van der Waals surface area contributed by atoms with Gasteiger partial charge >= 0.3 is 0 Å². The molecule has 0 atom stereocenters. The summed E-state index contributed by atoms with van der Waals surface area (Å²) in [7, 11) is 0. The number of carbonyl (C=O) groups is 1. The van der Waals surface area contributed by atoms with Crippen molar-refractivity contribution in [3.05, 3.63) is 10.7 Å². The molecule has 0 unspecified atom stereocenters. The van der Waals surface area contributed by atoms with Crippen molar-refractivity contribution in [1.29, 1.82) is 0 Å². The summed E-state index contributed by atoms with van der Waals surface area (Å²) in [5.74, 6) is 0. The lowest BCUT2D eigenvalue weighted by Crippen LogP contribution is -1.75. The molecule has 0 fully saturated rings. The number of halogens is 2. The summed E-state index contributed by atoms with van der Waals surface area (Å²) in [6, 6.07) is 0. The van der Waals surface area contributed by atoms with Crippen molar-refractivity contribution < 1.29 is 9.90 Å². The number of carbonyl (C=O) groups excluding carboxylic acids is 1. The van der Waals surface area contributed by atoms with Gasteiger partial charge < -0.3 is 5.11 Å². The lowest BCUT2D eigenvalue weighted by atomic mass is 10.7. The summed E-state index contributed by atoms with van der Waals surface area (Å²) in [6.45, 7) is 0. The molecule has 7 heavy (non-hydrogen) atoms. The molecule has 0 aliphatic carbocycles. The molecule has 4 heteroatoms. The Kier molecular flexibility index (Phi) is 3.29. The second-order valence-corrected chi connectivity index (χ2v) is 2.37. The van der Waals surface area contributed by atoms with Crippen LogP contribution in [0.4, 0.5) is 0 Å². The lowest BCUT2D eigenvalue weighted by Gasteiger charge is -1.76. The van der Waals surface area contributed by atoms with E-state index in [1.807, 2.05) is 0 Å². The molecule has 0 rings (SSSR count). The molecule has 0 saturated carbocycles. The van der Waals surface area contributed by atoms with Crippen molar-refractivity contribution >= 4 is 36.6 Å². The van der Waals surface area contributed by atoms with Gasteiger partial charge in [0.25, 0.3) is 0 Å². The summed E-state index contributed by atoms with van der Waals surface area (Å²) in [6.07, 6.45) is 1.00. The molecule has 0 aliphatic heterocycles. The molecule has 0 aromatic carbocycles. The van der Waals surface area contributed by atoms with E-state index in [4.69, 9.17) is 5.11 Å². The van der Waals surface area contributed by atoms with Gasteiger partial charge in [-0.15, -0.1) is 0 Å². The largest absolute Gasteiger partial charge is 0.502 e. The highest BCUT2D eigenvalue weighted by Crippen LogP contribution is 1.99.